The highest BCUT2D eigenvalue weighted by molar-refractivity contribution is 6.31. The first-order valence-electron chi connectivity index (χ1n) is 9.72. The zero-order valence-corrected chi connectivity index (χ0v) is 18.7. The maximum Gasteiger partial charge on any atom is 0.321 e. The molecule has 8 heteroatoms. The van der Waals surface area contributed by atoms with Gasteiger partial charge in [0.15, 0.2) is 0 Å². The Bertz CT molecular complexity index is 1060. The molecule has 1 saturated heterocycles. The molecule has 0 bridgehead atoms. The molecule has 0 saturated carbocycles. The number of carbonyl (C=O) groups is 1. The maximum atomic E-state index is 15.2. The van der Waals surface area contributed by atoms with E-state index in [1.54, 1.807) is 0 Å². The normalized spacial score (nSPS) is 25.9. The van der Waals surface area contributed by atoms with Crippen molar-refractivity contribution in [2.45, 2.75) is 50.6 Å². The molecule has 0 aromatic heterocycles. The van der Waals surface area contributed by atoms with Gasteiger partial charge in [0.25, 0.3) is 0 Å². The van der Waals surface area contributed by atoms with Crippen molar-refractivity contribution < 1.29 is 18.7 Å². The second-order valence-corrected chi connectivity index (χ2v) is 9.87. The predicted octanol–water partition coefficient (Wildman–Crippen LogP) is 5.68. The second-order valence-electron chi connectivity index (χ2n) is 9.03. The van der Waals surface area contributed by atoms with Crippen LogP contribution in [0, 0.1) is 28.4 Å². The molecule has 4 nitrogen and oxygen atoms in total. The molecule has 1 aliphatic heterocycles. The van der Waals surface area contributed by atoms with E-state index in [1.165, 1.54) is 30.3 Å². The molecule has 31 heavy (non-hydrogen) atoms. The van der Waals surface area contributed by atoms with Crippen LogP contribution in [0.25, 0.3) is 0 Å². The molecule has 164 valence electrons. The summed E-state index contributed by atoms with van der Waals surface area (Å²) in [7, 11) is 0. The third-order valence-corrected chi connectivity index (χ3v) is 6.24. The Balaban J connectivity index is 2.38. The number of nitrogens with one attached hydrogen (secondary N) is 1. The number of hydrogen-bond donors (Lipinski definition) is 2. The summed E-state index contributed by atoms with van der Waals surface area (Å²) in [5.74, 6) is -4.09. The van der Waals surface area contributed by atoms with Gasteiger partial charge in [0.1, 0.15) is 23.1 Å². The van der Waals surface area contributed by atoms with Crippen molar-refractivity contribution in [3.05, 3.63) is 69.2 Å². The van der Waals surface area contributed by atoms with Crippen LogP contribution in [0.15, 0.2) is 36.4 Å². The van der Waals surface area contributed by atoms with Crippen molar-refractivity contribution >= 4 is 29.2 Å². The minimum absolute atomic E-state index is 0.0331. The molecule has 1 unspecified atom stereocenters. The zero-order valence-electron chi connectivity index (χ0n) is 17.2. The lowest BCUT2D eigenvalue weighted by Gasteiger charge is -2.37. The number of benzene rings is 2. The van der Waals surface area contributed by atoms with Crippen LogP contribution in [0.2, 0.25) is 10.0 Å². The third-order valence-electron chi connectivity index (χ3n) is 5.72. The van der Waals surface area contributed by atoms with Gasteiger partial charge in [-0.1, -0.05) is 62.2 Å². The minimum Gasteiger partial charge on any atom is -0.480 e. The molecule has 3 rings (SSSR count). The molecule has 2 aromatic rings. The van der Waals surface area contributed by atoms with Crippen LogP contribution in [-0.4, -0.2) is 23.2 Å². The quantitative estimate of drug-likeness (QED) is 0.607. The highest BCUT2D eigenvalue weighted by Crippen LogP contribution is 2.52. The topological polar surface area (TPSA) is 73.1 Å². The van der Waals surface area contributed by atoms with E-state index in [4.69, 9.17) is 23.2 Å². The summed E-state index contributed by atoms with van der Waals surface area (Å²) in [5.41, 5.74) is -2.15. The van der Waals surface area contributed by atoms with Gasteiger partial charge in [0, 0.05) is 22.5 Å². The van der Waals surface area contributed by atoms with Crippen molar-refractivity contribution in [1.82, 2.24) is 5.32 Å². The molecule has 2 aromatic carbocycles. The molecule has 1 fully saturated rings. The number of rotatable bonds is 4. The SMILES string of the molecule is CC(C)(C)C[C@@H]1NC(C(=O)O)[C@H](c2cccc(Cl)c2F)[C@@]1(C#N)c1ccc(Cl)cc1F. The highest BCUT2D eigenvalue weighted by Gasteiger charge is 2.61. The van der Waals surface area contributed by atoms with Crippen molar-refractivity contribution in [3.63, 3.8) is 0 Å². The van der Waals surface area contributed by atoms with Crippen LogP contribution >= 0.6 is 23.2 Å². The lowest BCUT2D eigenvalue weighted by atomic mass is 9.62. The number of nitriles is 1. The molecule has 0 spiro atoms. The fourth-order valence-corrected chi connectivity index (χ4v) is 4.88. The van der Waals surface area contributed by atoms with Crippen molar-refractivity contribution in [3.8, 4) is 6.07 Å². The molecule has 2 N–H and O–H groups in total. The Kier molecular flexibility index (Phi) is 6.35. The molecule has 4 atom stereocenters. The van der Waals surface area contributed by atoms with Crippen molar-refractivity contribution in [2.24, 2.45) is 5.41 Å². The lowest BCUT2D eigenvalue weighted by molar-refractivity contribution is -0.139. The van der Waals surface area contributed by atoms with Gasteiger partial charge in [-0.25, -0.2) is 8.78 Å². The van der Waals surface area contributed by atoms with Gasteiger partial charge in [-0.3, -0.25) is 10.1 Å². The maximum absolute atomic E-state index is 15.2. The number of hydrogen-bond acceptors (Lipinski definition) is 3. The Hall–Kier alpha value is -2.20. The first-order valence-corrected chi connectivity index (χ1v) is 10.5. The first kappa shape index (κ1) is 23.5. The van der Waals surface area contributed by atoms with Crippen LogP contribution in [0.1, 0.15) is 44.2 Å². The van der Waals surface area contributed by atoms with E-state index in [0.717, 1.165) is 6.07 Å². The van der Waals surface area contributed by atoms with Gasteiger partial charge in [-0.15, -0.1) is 0 Å². The minimum atomic E-state index is -1.73. The van der Waals surface area contributed by atoms with E-state index in [0.29, 0.717) is 6.42 Å². The van der Waals surface area contributed by atoms with Gasteiger partial charge in [0.05, 0.1) is 11.1 Å². The largest absolute Gasteiger partial charge is 0.480 e. The first-order chi connectivity index (χ1) is 14.4. The molecule has 1 aliphatic rings. The summed E-state index contributed by atoms with van der Waals surface area (Å²) in [6, 6.07) is 8.16. The van der Waals surface area contributed by atoms with Gasteiger partial charge in [0.2, 0.25) is 0 Å². The van der Waals surface area contributed by atoms with Crippen LogP contribution < -0.4 is 5.32 Å². The Morgan fingerprint density at radius 3 is 2.48 bits per heavy atom. The number of carboxylic acids is 1. The van der Waals surface area contributed by atoms with E-state index >= 15 is 8.78 Å². The van der Waals surface area contributed by atoms with Crippen LogP contribution in [-0.2, 0) is 10.2 Å². The summed E-state index contributed by atoms with van der Waals surface area (Å²) in [6.45, 7) is 5.79. The third kappa shape index (κ3) is 4.15. The number of nitrogens with zero attached hydrogens (tertiary/aromatic N) is 1. The van der Waals surface area contributed by atoms with E-state index in [1.807, 2.05) is 20.8 Å². The summed E-state index contributed by atoms with van der Waals surface area (Å²) in [6.07, 6.45) is 0.338. The van der Waals surface area contributed by atoms with Crippen LogP contribution in [0.4, 0.5) is 8.78 Å². The molecule has 1 heterocycles. The smallest absolute Gasteiger partial charge is 0.321 e. The average Bonchev–Trinajstić information content (AvgIpc) is 2.97. The van der Waals surface area contributed by atoms with Gasteiger partial charge < -0.3 is 5.11 Å². The summed E-state index contributed by atoms with van der Waals surface area (Å²) >= 11 is 11.9. The van der Waals surface area contributed by atoms with Gasteiger partial charge >= 0.3 is 5.97 Å². The second kappa shape index (κ2) is 8.38. The van der Waals surface area contributed by atoms with Crippen molar-refractivity contribution in [2.75, 3.05) is 0 Å². The van der Waals surface area contributed by atoms with E-state index in [-0.39, 0.29) is 26.6 Å². The fraction of sp³-hybridized carbons (Fsp3) is 0.391. The fourth-order valence-electron chi connectivity index (χ4n) is 4.54. The standard InChI is InChI=1S/C23H22Cl2F2N2O2/c1-22(2,3)10-17-23(11-28,14-8-7-12(24)9-16(14)26)18(20(29-17)21(30)31)13-5-4-6-15(25)19(13)27/h4-9,17-18,20,29H,10H2,1-3H3,(H,30,31)/t17-,18-,20?,23-/m0/s1. The Morgan fingerprint density at radius 1 is 1.26 bits per heavy atom. The summed E-state index contributed by atoms with van der Waals surface area (Å²) in [5, 5.41) is 23.4. The van der Waals surface area contributed by atoms with Crippen molar-refractivity contribution in [1.29, 1.82) is 5.26 Å². The molecule has 0 amide bonds. The predicted molar refractivity (Wildman–Crippen MR) is 115 cm³/mol. The lowest BCUT2D eigenvalue weighted by Crippen LogP contribution is -2.44. The van der Waals surface area contributed by atoms with Crippen LogP contribution in [0.5, 0.6) is 0 Å². The van der Waals surface area contributed by atoms with E-state index < -0.39 is 41.0 Å². The zero-order chi connectivity index (χ0) is 23.1. The molecule has 0 radical (unpaired) electrons. The Labute approximate surface area is 189 Å². The van der Waals surface area contributed by atoms with E-state index in [9.17, 15) is 15.2 Å². The number of halogens is 4. The van der Waals surface area contributed by atoms with Gasteiger partial charge in [-0.2, -0.15) is 5.26 Å². The summed E-state index contributed by atoms with van der Waals surface area (Å²) in [4.78, 5) is 12.2. The number of aliphatic carboxylic acids is 1. The summed E-state index contributed by atoms with van der Waals surface area (Å²) < 4.78 is 30.3. The van der Waals surface area contributed by atoms with Crippen LogP contribution in [0.3, 0.4) is 0 Å². The average molecular weight is 467 g/mol. The van der Waals surface area contributed by atoms with E-state index in [2.05, 4.69) is 11.4 Å². The number of carboxylic acid groups (broad SMARTS) is 1. The Morgan fingerprint density at radius 2 is 1.94 bits per heavy atom. The molecular weight excluding hydrogens is 445 g/mol. The monoisotopic (exact) mass is 466 g/mol. The molecular formula is C23H22Cl2F2N2O2. The molecule has 0 aliphatic carbocycles. The van der Waals surface area contributed by atoms with Gasteiger partial charge in [-0.05, 0) is 35.6 Å². The highest BCUT2D eigenvalue weighted by atomic mass is 35.5.